The van der Waals surface area contributed by atoms with E-state index in [0.717, 1.165) is 28.1 Å². The highest BCUT2D eigenvalue weighted by Crippen LogP contribution is 2.30. The third-order valence-electron chi connectivity index (χ3n) is 4.68. The SMILES string of the molecule is COc1ccc(CNC2Cc3cc(-c4ccccc4)nc(Cl)c3C(=O)O2)cc1. The van der Waals surface area contributed by atoms with Crippen LogP contribution < -0.4 is 10.1 Å². The van der Waals surface area contributed by atoms with Crippen LogP contribution >= 0.6 is 11.6 Å². The van der Waals surface area contributed by atoms with Crippen LogP contribution in [0.1, 0.15) is 21.5 Å². The Morgan fingerprint density at radius 2 is 1.93 bits per heavy atom. The van der Waals surface area contributed by atoms with Crippen molar-refractivity contribution in [2.75, 3.05) is 7.11 Å². The number of ether oxygens (including phenoxy) is 2. The number of cyclic esters (lactones) is 1. The molecule has 0 aliphatic carbocycles. The van der Waals surface area contributed by atoms with Gasteiger partial charge in [-0.05, 0) is 29.3 Å². The lowest BCUT2D eigenvalue weighted by Crippen LogP contribution is -2.39. The molecule has 6 heteroatoms. The van der Waals surface area contributed by atoms with Gasteiger partial charge in [-0.2, -0.15) is 0 Å². The number of nitrogens with one attached hydrogen (secondary N) is 1. The minimum Gasteiger partial charge on any atom is -0.497 e. The Morgan fingerprint density at radius 3 is 2.64 bits per heavy atom. The molecule has 3 aromatic rings. The second-order valence-electron chi connectivity index (χ2n) is 6.53. The zero-order chi connectivity index (χ0) is 19.5. The molecule has 0 radical (unpaired) electrons. The van der Waals surface area contributed by atoms with Crippen molar-refractivity contribution in [1.29, 1.82) is 0 Å². The normalized spacial score (nSPS) is 15.6. The molecule has 1 aliphatic heterocycles. The largest absolute Gasteiger partial charge is 0.497 e. The summed E-state index contributed by atoms with van der Waals surface area (Å²) in [6.07, 6.45) is 0.100. The van der Waals surface area contributed by atoms with Gasteiger partial charge in [-0.1, -0.05) is 54.1 Å². The molecule has 1 N–H and O–H groups in total. The number of halogens is 1. The molecular formula is C22H19ClN2O3. The number of hydrogen-bond donors (Lipinski definition) is 1. The molecule has 1 aliphatic rings. The lowest BCUT2D eigenvalue weighted by molar-refractivity contribution is 0.0162. The summed E-state index contributed by atoms with van der Waals surface area (Å²) in [5.41, 5.74) is 3.95. The molecule has 0 saturated carbocycles. The standard InChI is InChI=1S/C22H19ClN2O3/c1-27-17-9-7-14(8-10-17)13-24-19-12-16-11-18(15-5-3-2-4-6-15)25-21(23)20(16)22(26)28-19/h2-11,19,24H,12-13H2,1H3. The van der Waals surface area contributed by atoms with Crippen LogP contribution in [0.15, 0.2) is 60.7 Å². The maximum Gasteiger partial charge on any atom is 0.343 e. The molecule has 5 nitrogen and oxygen atoms in total. The lowest BCUT2D eigenvalue weighted by atomic mass is 10.00. The summed E-state index contributed by atoms with van der Waals surface area (Å²) < 4.78 is 10.7. The fourth-order valence-electron chi connectivity index (χ4n) is 3.22. The van der Waals surface area contributed by atoms with Gasteiger partial charge in [-0.3, -0.25) is 5.32 Å². The van der Waals surface area contributed by atoms with E-state index in [4.69, 9.17) is 21.1 Å². The van der Waals surface area contributed by atoms with E-state index in [1.807, 2.05) is 60.7 Å². The minimum atomic E-state index is -0.453. The predicted molar refractivity (Wildman–Crippen MR) is 107 cm³/mol. The van der Waals surface area contributed by atoms with Crippen LogP contribution in [-0.2, 0) is 17.7 Å². The maximum absolute atomic E-state index is 12.5. The molecule has 28 heavy (non-hydrogen) atoms. The molecule has 0 spiro atoms. The number of carbonyl (C=O) groups is 1. The van der Waals surface area contributed by atoms with Gasteiger partial charge in [-0.25, -0.2) is 9.78 Å². The van der Waals surface area contributed by atoms with E-state index in [9.17, 15) is 4.79 Å². The van der Waals surface area contributed by atoms with E-state index >= 15 is 0 Å². The van der Waals surface area contributed by atoms with Crippen molar-refractivity contribution in [3.63, 3.8) is 0 Å². The number of pyridine rings is 1. The van der Waals surface area contributed by atoms with E-state index in [-0.39, 0.29) is 5.15 Å². The topological polar surface area (TPSA) is 60.5 Å². The summed E-state index contributed by atoms with van der Waals surface area (Å²) >= 11 is 6.30. The fourth-order valence-corrected chi connectivity index (χ4v) is 3.50. The summed E-state index contributed by atoms with van der Waals surface area (Å²) in [4.78, 5) is 16.8. The van der Waals surface area contributed by atoms with Gasteiger partial charge in [0.2, 0.25) is 0 Å². The van der Waals surface area contributed by atoms with Crippen LogP contribution in [0.2, 0.25) is 5.15 Å². The summed E-state index contributed by atoms with van der Waals surface area (Å²) in [5.74, 6) is 0.350. The van der Waals surface area contributed by atoms with Crippen molar-refractivity contribution in [1.82, 2.24) is 10.3 Å². The first-order valence-corrected chi connectivity index (χ1v) is 9.34. The van der Waals surface area contributed by atoms with Crippen LogP contribution in [0.3, 0.4) is 0 Å². The minimum absolute atomic E-state index is 0.176. The molecule has 2 heterocycles. The first-order chi connectivity index (χ1) is 13.6. The Balaban J connectivity index is 1.53. The molecule has 0 amide bonds. The molecule has 1 aromatic heterocycles. The Labute approximate surface area is 168 Å². The van der Waals surface area contributed by atoms with Crippen LogP contribution in [-0.4, -0.2) is 24.3 Å². The first kappa shape index (κ1) is 18.5. The van der Waals surface area contributed by atoms with Gasteiger partial charge in [0.25, 0.3) is 0 Å². The third kappa shape index (κ3) is 3.86. The lowest BCUT2D eigenvalue weighted by Gasteiger charge is -2.26. The third-order valence-corrected chi connectivity index (χ3v) is 4.95. The van der Waals surface area contributed by atoms with Gasteiger partial charge >= 0.3 is 5.97 Å². The first-order valence-electron chi connectivity index (χ1n) is 8.96. The molecule has 0 bridgehead atoms. The highest BCUT2D eigenvalue weighted by molar-refractivity contribution is 6.32. The van der Waals surface area contributed by atoms with Crippen molar-refractivity contribution < 1.29 is 14.3 Å². The number of esters is 1. The number of fused-ring (bicyclic) bond motifs is 1. The number of rotatable bonds is 5. The quantitative estimate of drug-likeness (QED) is 0.518. The summed E-state index contributed by atoms with van der Waals surface area (Å²) in [7, 11) is 1.63. The zero-order valence-electron chi connectivity index (χ0n) is 15.3. The Kier molecular flexibility index (Phi) is 5.28. The van der Waals surface area contributed by atoms with Crippen molar-refractivity contribution >= 4 is 17.6 Å². The van der Waals surface area contributed by atoms with E-state index in [0.29, 0.717) is 18.5 Å². The summed E-state index contributed by atoms with van der Waals surface area (Å²) in [6, 6.07) is 19.4. The second kappa shape index (κ2) is 8.00. The van der Waals surface area contributed by atoms with Gasteiger partial charge < -0.3 is 9.47 Å². The van der Waals surface area contributed by atoms with Crippen LogP contribution in [0.5, 0.6) is 5.75 Å². The smallest absolute Gasteiger partial charge is 0.343 e. The average molecular weight is 395 g/mol. The molecular weight excluding hydrogens is 376 g/mol. The molecule has 2 aromatic carbocycles. The predicted octanol–water partition coefficient (Wildman–Crippen LogP) is 4.24. The van der Waals surface area contributed by atoms with Crippen molar-refractivity contribution in [3.8, 4) is 17.0 Å². The second-order valence-corrected chi connectivity index (χ2v) is 6.88. The van der Waals surface area contributed by atoms with Gasteiger partial charge in [0, 0.05) is 18.5 Å². The highest BCUT2D eigenvalue weighted by Gasteiger charge is 2.29. The van der Waals surface area contributed by atoms with Crippen molar-refractivity contribution in [3.05, 3.63) is 82.5 Å². The summed E-state index contributed by atoms with van der Waals surface area (Å²) in [5, 5.41) is 3.45. The number of hydrogen-bond acceptors (Lipinski definition) is 5. The number of nitrogens with zero attached hydrogens (tertiary/aromatic N) is 1. The van der Waals surface area contributed by atoms with E-state index in [2.05, 4.69) is 10.3 Å². The monoisotopic (exact) mass is 394 g/mol. The average Bonchev–Trinajstić information content (AvgIpc) is 2.72. The number of carbonyl (C=O) groups excluding carboxylic acids is 1. The van der Waals surface area contributed by atoms with Gasteiger partial charge in [-0.15, -0.1) is 0 Å². The number of benzene rings is 2. The number of aromatic nitrogens is 1. The van der Waals surface area contributed by atoms with Gasteiger partial charge in [0.15, 0.2) is 6.23 Å². The van der Waals surface area contributed by atoms with Gasteiger partial charge in [0.05, 0.1) is 12.8 Å². The zero-order valence-corrected chi connectivity index (χ0v) is 16.1. The molecule has 142 valence electrons. The Morgan fingerprint density at radius 1 is 1.18 bits per heavy atom. The van der Waals surface area contributed by atoms with E-state index in [1.165, 1.54) is 0 Å². The van der Waals surface area contributed by atoms with Crippen molar-refractivity contribution in [2.45, 2.75) is 19.2 Å². The molecule has 4 rings (SSSR count). The molecule has 1 unspecified atom stereocenters. The van der Waals surface area contributed by atoms with Crippen LogP contribution in [0.4, 0.5) is 0 Å². The maximum atomic E-state index is 12.5. The summed E-state index contributed by atoms with van der Waals surface area (Å²) in [6.45, 7) is 0.571. The molecule has 0 saturated heterocycles. The molecule has 0 fully saturated rings. The van der Waals surface area contributed by atoms with Crippen LogP contribution in [0.25, 0.3) is 11.3 Å². The van der Waals surface area contributed by atoms with Gasteiger partial charge in [0.1, 0.15) is 16.5 Å². The Hall–Kier alpha value is -2.89. The number of methoxy groups -OCH3 is 1. The Bertz CT molecular complexity index is 991. The highest BCUT2D eigenvalue weighted by atomic mass is 35.5. The van der Waals surface area contributed by atoms with Crippen LogP contribution in [0, 0.1) is 0 Å². The fraction of sp³-hybridized carbons (Fsp3) is 0.182. The molecule has 1 atom stereocenters. The van der Waals surface area contributed by atoms with E-state index in [1.54, 1.807) is 7.11 Å². The van der Waals surface area contributed by atoms with E-state index < -0.39 is 12.2 Å². The van der Waals surface area contributed by atoms with Crippen molar-refractivity contribution in [2.24, 2.45) is 0 Å².